The van der Waals surface area contributed by atoms with Crippen LogP contribution in [0.15, 0.2) is 29.2 Å². The Bertz CT molecular complexity index is 664. The molecule has 126 valence electrons. The quantitative estimate of drug-likeness (QED) is 0.917. The number of benzene rings is 1. The highest BCUT2D eigenvalue weighted by Gasteiger charge is 2.40. The standard InChI is InChI=1S/C17H24N2O3S/c1-13-8-10-15(11-9-13)23(21,22)19-12-4-7-16(19)17(20)18-14-5-2-3-6-14/h8-11,14,16H,2-7,12H2,1H3,(H,18,20)/t16-/m0/s1. The van der Waals surface area contributed by atoms with Crippen LogP contribution in [0.5, 0.6) is 0 Å². The molecule has 1 amide bonds. The molecule has 1 aromatic rings. The summed E-state index contributed by atoms with van der Waals surface area (Å²) in [5.74, 6) is -0.134. The van der Waals surface area contributed by atoms with Gasteiger partial charge in [-0.2, -0.15) is 4.31 Å². The molecule has 0 spiro atoms. The number of carbonyl (C=O) groups excluding carboxylic acids is 1. The Kier molecular flexibility index (Phi) is 4.73. The summed E-state index contributed by atoms with van der Waals surface area (Å²) < 4.78 is 27.1. The number of rotatable bonds is 4. The van der Waals surface area contributed by atoms with Crippen LogP contribution < -0.4 is 5.32 Å². The van der Waals surface area contributed by atoms with Gasteiger partial charge in [0.05, 0.1) is 4.90 Å². The fourth-order valence-corrected chi connectivity index (χ4v) is 5.16. The number of carbonyl (C=O) groups is 1. The van der Waals surface area contributed by atoms with Crippen LogP contribution in [-0.2, 0) is 14.8 Å². The summed E-state index contributed by atoms with van der Waals surface area (Å²) in [6.07, 6.45) is 5.62. The van der Waals surface area contributed by atoms with E-state index in [4.69, 9.17) is 0 Å². The molecule has 1 aliphatic carbocycles. The fraction of sp³-hybridized carbons (Fsp3) is 0.588. The van der Waals surface area contributed by atoms with Gasteiger partial charge in [0.15, 0.2) is 0 Å². The molecule has 23 heavy (non-hydrogen) atoms. The number of nitrogens with zero attached hydrogens (tertiary/aromatic N) is 1. The van der Waals surface area contributed by atoms with E-state index in [-0.39, 0.29) is 16.8 Å². The molecule has 2 aliphatic rings. The van der Waals surface area contributed by atoms with E-state index in [1.54, 1.807) is 24.3 Å². The molecule has 2 fully saturated rings. The minimum atomic E-state index is -3.61. The van der Waals surface area contributed by atoms with Crippen molar-refractivity contribution in [2.24, 2.45) is 0 Å². The highest BCUT2D eigenvalue weighted by atomic mass is 32.2. The van der Waals surface area contributed by atoms with E-state index < -0.39 is 16.1 Å². The van der Waals surface area contributed by atoms with Gasteiger partial charge in [-0.25, -0.2) is 8.42 Å². The first-order valence-corrected chi connectivity index (χ1v) is 9.81. The number of hydrogen-bond donors (Lipinski definition) is 1. The monoisotopic (exact) mass is 336 g/mol. The number of hydrogen-bond acceptors (Lipinski definition) is 3. The van der Waals surface area contributed by atoms with E-state index >= 15 is 0 Å². The lowest BCUT2D eigenvalue weighted by atomic mass is 10.2. The molecule has 3 rings (SSSR count). The highest BCUT2D eigenvalue weighted by Crippen LogP contribution is 2.27. The normalized spacial score (nSPS) is 23.3. The summed E-state index contributed by atoms with van der Waals surface area (Å²) >= 11 is 0. The second-order valence-corrected chi connectivity index (χ2v) is 8.47. The van der Waals surface area contributed by atoms with Crippen molar-refractivity contribution in [2.75, 3.05) is 6.54 Å². The largest absolute Gasteiger partial charge is 0.352 e. The maximum absolute atomic E-state index is 12.8. The number of amides is 1. The van der Waals surface area contributed by atoms with Crippen molar-refractivity contribution in [1.29, 1.82) is 0 Å². The Morgan fingerprint density at radius 2 is 1.74 bits per heavy atom. The number of nitrogens with one attached hydrogen (secondary N) is 1. The topological polar surface area (TPSA) is 66.5 Å². The van der Waals surface area contributed by atoms with Crippen LogP contribution in [0.1, 0.15) is 44.1 Å². The third-order valence-electron chi connectivity index (χ3n) is 4.84. The van der Waals surface area contributed by atoms with Gasteiger partial charge in [0.1, 0.15) is 6.04 Å². The molecule has 6 heteroatoms. The maximum Gasteiger partial charge on any atom is 0.243 e. The van der Waals surface area contributed by atoms with Gasteiger partial charge in [0.2, 0.25) is 15.9 Å². The van der Waals surface area contributed by atoms with Crippen molar-refractivity contribution in [1.82, 2.24) is 9.62 Å². The first-order valence-electron chi connectivity index (χ1n) is 8.37. The molecule has 1 saturated heterocycles. The van der Waals surface area contributed by atoms with Crippen molar-refractivity contribution in [3.05, 3.63) is 29.8 Å². The molecule has 5 nitrogen and oxygen atoms in total. The average Bonchev–Trinajstić information content (AvgIpc) is 3.19. The van der Waals surface area contributed by atoms with Gasteiger partial charge in [-0.15, -0.1) is 0 Å². The van der Waals surface area contributed by atoms with Crippen LogP contribution in [0.3, 0.4) is 0 Å². The molecule has 1 heterocycles. The van der Waals surface area contributed by atoms with Crippen LogP contribution in [0.25, 0.3) is 0 Å². The number of aryl methyl sites for hydroxylation is 1. The molecule has 0 radical (unpaired) electrons. The van der Waals surface area contributed by atoms with Crippen molar-refractivity contribution in [3.63, 3.8) is 0 Å². The smallest absolute Gasteiger partial charge is 0.243 e. The lowest BCUT2D eigenvalue weighted by Crippen LogP contribution is -2.48. The van der Waals surface area contributed by atoms with E-state index in [2.05, 4.69) is 5.32 Å². The lowest BCUT2D eigenvalue weighted by molar-refractivity contribution is -0.124. The molecule has 1 aromatic carbocycles. The van der Waals surface area contributed by atoms with Crippen LogP contribution >= 0.6 is 0 Å². The van der Waals surface area contributed by atoms with Crippen LogP contribution in [-0.4, -0.2) is 37.3 Å². The second kappa shape index (κ2) is 6.61. The summed E-state index contributed by atoms with van der Waals surface area (Å²) in [5, 5.41) is 3.04. The van der Waals surface area contributed by atoms with Gasteiger partial charge in [-0.05, 0) is 44.7 Å². The molecular weight excluding hydrogens is 312 g/mol. The SMILES string of the molecule is Cc1ccc(S(=O)(=O)N2CCC[C@H]2C(=O)NC2CCCC2)cc1. The third kappa shape index (κ3) is 3.43. The van der Waals surface area contributed by atoms with E-state index in [1.807, 2.05) is 6.92 Å². The van der Waals surface area contributed by atoms with Gasteiger partial charge in [-0.3, -0.25) is 4.79 Å². The Balaban J connectivity index is 1.77. The van der Waals surface area contributed by atoms with Crippen LogP contribution in [0.4, 0.5) is 0 Å². The van der Waals surface area contributed by atoms with Crippen molar-refractivity contribution in [2.45, 2.75) is 62.4 Å². The molecule has 0 unspecified atom stereocenters. The number of sulfonamides is 1. The zero-order valence-corrected chi connectivity index (χ0v) is 14.3. The van der Waals surface area contributed by atoms with Crippen LogP contribution in [0.2, 0.25) is 0 Å². The Labute approximate surface area is 138 Å². The Hall–Kier alpha value is -1.40. The first kappa shape index (κ1) is 16.5. The van der Waals surface area contributed by atoms with Gasteiger partial charge >= 0.3 is 0 Å². The zero-order chi connectivity index (χ0) is 16.4. The molecular formula is C17H24N2O3S. The first-order chi connectivity index (χ1) is 11.0. The predicted octanol–water partition coefficient (Wildman–Crippen LogP) is 2.21. The second-order valence-electron chi connectivity index (χ2n) is 6.58. The van der Waals surface area contributed by atoms with E-state index in [0.717, 1.165) is 37.7 Å². The van der Waals surface area contributed by atoms with E-state index in [0.29, 0.717) is 13.0 Å². The zero-order valence-electron chi connectivity index (χ0n) is 13.5. The van der Waals surface area contributed by atoms with E-state index in [9.17, 15) is 13.2 Å². The average molecular weight is 336 g/mol. The lowest BCUT2D eigenvalue weighted by Gasteiger charge is -2.25. The third-order valence-corrected chi connectivity index (χ3v) is 6.76. The highest BCUT2D eigenvalue weighted by molar-refractivity contribution is 7.89. The predicted molar refractivity (Wildman–Crippen MR) is 88.5 cm³/mol. The van der Waals surface area contributed by atoms with Gasteiger partial charge < -0.3 is 5.32 Å². The summed E-state index contributed by atoms with van der Waals surface area (Å²) in [6.45, 7) is 2.34. The van der Waals surface area contributed by atoms with Crippen molar-refractivity contribution < 1.29 is 13.2 Å². The van der Waals surface area contributed by atoms with Crippen molar-refractivity contribution >= 4 is 15.9 Å². The molecule has 1 atom stereocenters. The Morgan fingerprint density at radius 3 is 2.39 bits per heavy atom. The summed E-state index contributed by atoms with van der Waals surface area (Å²) in [7, 11) is -3.61. The Morgan fingerprint density at radius 1 is 1.09 bits per heavy atom. The molecule has 1 aliphatic heterocycles. The molecule has 0 bridgehead atoms. The molecule has 0 aromatic heterocycles. The fourth-order valence-electron chi connectivity index (χ4n) is 3.50. The van der Waals surface area contributed by atoms with Gasteiger partial charge in [-0.1, -0.05) is 30.5 Å². The minimum Gasteiger partial charge on any atom is -0.352 e. The van der Waals surface area contributed by atoms with Crippen molar-refractivity contribution in [3.8, 4) is 0 Å². The van der Waals surface area contributed by atoms with Gasteiger partial charge in [0, 0.05) is 12.6 Å². The summed E-state index contributed by atoms with van der Waals surface area (Å²) in [4.78, 5) is 12.8. The van der Waals surface area contributed by atoms with Gasteiger partial charge in [0.25, 0.3) is 0 Å². The van der Waals surface area contributed by atoms with Crippen LogP contribution in [0, 0.1) is 6.92 Å². The van der Waals surface area contributed by atoms with E-state index in [1.165, 1.54) is 4.31 Å². The molecule has 1 saturated carbocycles. The molecule has 1 N–H and O–H groups in total. The maximum atomic E-state index is 12.8. The summed E-state index contributed by atoms with van der Waals surface area (Å²) in [5.41, 5.74) is 1.01. The summed E-state index contributed by atoms with van der Waals surface area (Å²) in [6, 6.07) is 6.46. The minimum absolute atomic E-state index is 0.134.